The Morgan fingerprint density at radius 2 is 2.21 bits per heavy atom. The van der Waals surface area contributed by atoms with Gasteiger partial charge in [-0.05, 0) is 19.8 Å². The molecular formula is C10H14N2O2. The molecule has 0 bridgehead atoms. The Morgan fingerprint density at radius 1 is 1.50 bits per heavy atom. The molecule has 0 amide bonds. The summed E-state index contributed by atoms with van der Waals surface area (Å²) >= 11 is 0. The highest BCUT2D eigenvalue weighted by atomic mass is 16.5. The molecule has 1 aliphatic heterocycles. The summed E-state index contributed by atoms with van der Waals surface area (Å²) in [6.07, 6.45) is 5.06. The lowest BCUT2D eigenvalue weighted by molar-refractivity contribution is 0.0683. The summed E-state index contributed by atoms with van der Waals surface area (Å²) in [6, 6.07) is 0.267. The highest BCUT2D eigenvalue weighted by Crippen LogP contribution is 2.18. The molecule has 0 unspecified atom stereocenters. The zero-order valence-electron chi connectivity index (χ0n) is 8.27. The van der Waals surface area contributed by atoms with Crippen LogP contribution in [0.15, 0.2) is 17.3 Å². The van der Waals surface area contributed by atoms with Crippen molar-refractivity contribution in [3.05, 3.63) is 28.4 Å². The molecule has 76 valence electrons. The van der Waals surface area contributed by atoms with E-state index in [1.165, 1.54) is 0 Å². The first-order chi connectivity index (χ1) is 6.79. The highest BCUT2D eigenvalue weighted by molar-refractivity contribution is 5.01. The minimum atomic E-state index is 0.0758. The maximum atomic E-state index is 11.8. The predicted octanol–water partition coefficient (Wildman–Crippen LogP) is 0.903. The fraction of sp³-hybridized carbons (Fsp3) is 0.600. The average Bonchev–Trinajstić information content (AvgIpc) is 2.23. The van der Waals surface area contributed by atoms with Gasteiger partial charge in [-0.2, -0.15) is 0 Å². The monoisotopic (exact) mass is 194 g/mol. The molecule has 2 rings (SSSR count). The summed E-state index contributed by atoms with van der Waals surface area (Å²) in [6.45, 7) is 3.28. The van der Waals surface area contributed by atoms with Crippen molar-refractivity contribution in [1.82, 2.24) is 9.55 Å². The van der Waals surface area contributed by atoms with Gasteiger partial charge in [0.2, 0.25) is 0 Å². The van der Waals surface area contributed by atoms with E-state index in [0.29, 0.717) is 5.56 Å². The third-order valence-corrected chi connectivity index (χ3v) is 2.62. The summed E-state index contributed by atoms with van der Waals surface area (Å²) < 4.78 is 6.99. The van der Waals surface area contributed by atoms with Crippen LogP contribution in [0.1, 0.15) is 24.4 Å². The number of rotatable bonds is 1. The third-order valence-electron chi connectivity index (χ3n) is 2.62. The molecule has 0 aliphatic carbocycles. The average molecular weight is 194 g/mol. The quantitative estimate of drug-likeness (QED) is 0.667. The Balaban J connectivity index is 2.31. The van der Waals surface area contributed by atoms with Gasteiger partial charge in [0.15, 0.2) is 0 Å². The van der Waals surface area contributed by atoms with Gasteiger partial charge in [-0.1, -0.05) is 0 Å². The van der Waals surface area contributed by atoms with Gasteiger partial charge in [-0.15, -0.1) is 0 Å². The molecule has 0 spiro atoms. The van der Waals surface area contributed by atoms with Crippen molar-refractivity contribution in [2.75, 3.05) is 13.2 Å². The minimum Gasteiger partial charge on any atom is -0.381 e. The molecule has 1 aromatic heterocycles. The molecular weight excluding hydrogens is 180 g/mol. The largest absolute Gasteiger partial charge is 0.381 e. The first-order valence-electron chi connectivity index (χ1n) is 4.89. The lowest BCUT2D eigenvalue weighted by atomic mass is 10.1. The van der Waals surface area contributed by atoms with E-state index in [1.54, 1.807) is 24.0 Å². The maximum Gasteiger partial charge on any atom is 0.256 e. The van der Waals surface area contributed by atoms with Crippen molar-refractivity contribution >= 4 is 0 Å². The number of ether oxygens (including phenoxy) is 1. The van der Waals surface area contributed by atoms with E-state index in [0.717, 1.165) is 26.1 Å². The van der Waals surface area contributed by atoms with Gasteiger partial charge in [-0.3, -0.25) is 9.36 Å². The second kappa shape index (κ2) is 3.92. The Hall–Kier alpha value is -1.16. The SMILES string of the molecule is Cc1cncn(C2CCOCC2)c1=O. The lowest BCUT2D eigenvalue weighted by Gasteiger charge is -2.23. The molecule has 0 N–H and O–H groups in total. The molecule has 0 aromatic carbocycles. The van der Waals surface area contributed by atoms with Crippen LogP contribution in [0.5, 0.6) is 0 Å². The molecule has 2 heterocycles. The van der Waals surface area contributed by atoms with Gasteiger partial charge < -0.3 is 4.74 Å². The Kier molecular flexibility index (Phi) is 2.63. The first kappa shape index (κ1) is 9.40. The Labute approximate surface area is 82.5 Å². The molecule has 1 aliphatic rings. The second-order valence-electron chi connectivity index (χ2n) is 3.63. The zero-order chi connectivity index (χ0) is 9.97. The molecule has 14 heavy (non-hydrogen) atoms. The number of aromatic nitrogens is 2. The molecule has 0 saturated carbocycles. The van der Waals surface area contributed by atoms with E-state index < -0.39 is 0 Å². The highest BCUT2D eigenvalue weighted by Gasteiger charge is 2.16. The Morgan fingerprint density at radius 3 is 2.93 bits per heavy atom. The number of nitrogens with zero attached hydrogens (tertiary/aromatic N) is 2. The summed E-state index contributed by atoms with van der Waals surface area (Å²) in [5.41, 5.74) is 0.783. The van der Waals surface area contributed by atoms with Crippen LogP contribution in [0, 0.1) is 6.92 Å². The standard InChI is InChI=1S/C10H14N2O2/c1-8-6-11-7-12(10(8)13)9-2-4-14-5-3-9/h6-7,9H,2-5H2,1H3. The zero-order valence-corrected chi connectivity index (χ0v) is 8.27. The molecule has 1 saturated heterocycles. The van der Waals surface area contributed by atoms with Crippen LogP contribution in [-0.2, 0) is 4.74 Å². The molecule has 4 nitrogen and oxygen atoms in total. The molecule has 0 radical (unpaired) electrons. The van der Waals surface area contributed by atoms with E-state index >= 15 is 0 Å². The summed E-state index contributed by atoms with van der Waals surface area (Å²) in [5, 5.41) is 0. The number of hydrogen-bond acceptors (Lipinski definition) is 3. The normalized spacial score (nSPS) is 18.4. The lowest BCUT2D eigenvalue weighted by Crippen LogP contribution is -2.30. The fourth-order valence-electron chi connectivity index (χ4n) is 1.75. The van der Waals surface area contributed by atoms with E-state index in [9.17, 15) is 4.79 Å². The van der Waals surface area contributed by atoms with Crippen LogP contribution >= 0.6 is 0 Å². The first-order valence-corrected chi connectivity index (χ1v) is 4.89. The smallest absolute Gasteiger partial charge is 0.256 e. The minimum absolute atomic E-state index is 0.0758. The van der Waals surface area contributed by atoms with E-state index in [1.807, 2.05) is 0 Å². The van der Waals surface area contributed by atoms with Crippen molar-refractivity contribution in [3.8, 4) is 0 Å². The van der Waals surface area contributed by atoms with Crippen molar-refractivity contribution in [1.29, 1.82) is 0 Å². The van der Waals surface area contributed by atoms with E-state index in [4.69, 9.17) is 4.74 Å². The summed E-state index contributed by atoms with van der Waals surface area (Å²) in [4.78, 5) is 15.8. The van der Waals surface area contributed by atoms with Crippen LogP contribution in [0.2, 0.25) is 0 Å². The molecule has 4 heteroatoms. The van der Waals surface area contributed by atoms with Gasteiger partial charge in [0.25, 0.3) is 5.56 Å². The Bertz CT molecular complexity index is 367. The van der Waals surface area contributed by atoms with Gasteiger partial charge in [0, 0.05) is 31.0 Å². The van der Waals surface area contributed by atoms with Gasteiger partial charge in [0.05, 0.1) is 6.33 Å². The third kappa shape index (κ3) is 1.70. The van der Waals surface area contributed by atoms with Crippen molar-refractivity contribution in [2.45, 2.75) is 25.8 Å². The maximum absolute atomic E-state index is 11.8. The van der Waals surface area contributed by atoms with Gasteiger partial charge in [0.1, 0.15) is 0 Å². The number of hydrogen-bond donors (Lipinski definition) is 0. The topological polar surface area (TPSA) is 44.1 Å². The second-order valence-corrected chi connectivity index (χ2v) is 3.63. The van der Waals surface area contributed by atoms with Gasteiger partial charge >= 0.3 is 0 Å². The fourth-order valence-corrected chi connectivity index (χ4v) is 1.75. The van der Waals surface area contributed by atoms with Crippen LogP contribution < -0.4 is 5.56 Å². The number of aryl methyl sites for hydroxylation is 1. The van der Waals surface area contributed by atoms with Crippen LogP contribution in [0.4, 0.5) is 0 Å². The van der Waals surface area contributed by atoms with Crippen molar-refractivity contribution in [3.63, 3.8) is 0 Å². The predicted molar refractivity (Wildman–Crippen MR) is 52.3 cm³/mol. The molecule has 0 atom stereocenters. The molecule has 1 fully saturated rings. The van der Waals surface area contributed by atoms with Gasteiger partial charge in [-0.25, -0.2) is 4.98 Å². The van der Waals surface area contributed by atoms with Crippen molar-refractivity contribution in [2.24, 2.45) is 0 Å². The van der Waals surface area contributed by atoms with Crippen LogP contribution in [0.3, 0.4) is 0 Å². The van der Waals surface area contributed by atoms with E-state index in [2.05, 4.69) is 4.98 Å². The van der Waals surface area contributed by atoms with Crippen molar-refractivity contribution < 1.29 is 4.74 Å². The van der Waals surface area contributed by atoms with Crippen LogP contribution in [-0.4, -0.2) is 22.8 Å². The van der Waals surface area contributed by atoms with Crippen LogP contribution in [0.25, 0.3) is 0 Å². The van der Waals surface area contributed by atoms with E-state index in [-0.39, 0.29) is 11.6 Å². The molecule has 1 aromatic rings. The summed E-state index contributed by atoms with van der Waals surface area (Å²) in [5.74, 6) is 0. The summed E-state index contributed by atoms with van der Waals surface area (Å²) in [7, 11) is 0.